The van der Waals surface area contributed by atoms with Gasteiger partial charge in [0.15, 0.2) is 0 Å². The van der Waals surface area contributed by atoms with Gasteiger partial charge in [0, 0.05) is 36.0 Å². The Morgan fingerprint density at radius 2 is 0.913 bits per heavy atom. The van der Waals surface area contributed by atoms with Crippen molar-refractivity contribution in [1.82, 2.24) is 0 Å². The molecule has 2 nitrogen and oxygen atoms in total. The van der Waals surface area contributed by atoms with Crippen molar-refractivity contribution < 1.29 is 31.7 Å². The quantitative estimate of drug-likeness (QED) is 0.205. The zero-order valence-corrected chi connectivity index (χ0v) is 18.8. The Bertz CT molecular complexity index is 173. The summed E-state index contributed by atoms with van der Waals surface area (Å²) in [4.78, 5) is 9.92. The van der Waals surface area contributed by atoms with Crippen LogP contribution >= 0.6 is 8.15 Å². The Kier molecular flexibility index (Phi) is 31.7. The van der Waals surface area contributed by atoms with E-state index < -0.39 is 8.15 Å². The predicted molar refractivity (Wildman–Crippen MR) is 103 cm³/mol. The number of aliphatic hydroxyl groups excluding tert-OH is 1. The molecule has 0 unspecified atom stereocenters. The third kappa shape index (κ3) is 35.1. The molecule has 0 heterocycles. The molecule has 0 saturated heterocycles. The molecule has 0 rings (SSSR count). The Balaban J connectivity index is -0.000000712. The van der Waals surface area contributed by atoms with Crippen LogP contribution in [-0.2, 0) is 21.7 Å². The van der Waals surface area contributed by atoms with Crippen molar-refractivity contribution in [3.63, 3.8) is 0 Å². The normalized spacial score (nSPS) is 10.4. The van der Waals surface area contributed by atoms with Crippen molar-refractivity contribution in [2.24, 2.45) is 0 Å². The number of unbranched alkanes of at least 4 members (excludes halogenated alkanes) is 10. The smallest absolute Gasteiger partial charge is 0.0483 e. The van der Waals surface area contributed by atoms with Gasteiger partial charge >= 0.3 is 0 Å². The Morgan fingerprint density at radius 1 is 0.652 bits per heavy atom. The number of hydrogen-bond donors (Lipinski definition) is 2. The fourth-order valence-corrected chi connectivity index (χ4v) is 3.66. The van der Waals surface area contributed by atoms with Crippen LogP contribution in [0.15, 0.2) is 0 Å². The van der Waals surface area contributed by atoms with E-state index in [0.29, 0.717) is 0 Å². The maximum Gasteiger partial charge on any atom is 0.0483 e. The summed E-state index contributed by atoms with van der Waals surface area (Å²) in [5.41, 5.74) is 0. The van der Waals surface area contributed by atoms with Gasteiger partial charge in [0.2, 0.25) is 0 Å². The molecule has 0 aliphatic carbocycles. The van der Waals surface area contributed by atoms with Gasteiger partial charge < -0.3 is 10.00 Å². The van der Waals surface area contributed by atoms with Crippen molar-refractivity contribution in [2.45, 2.75) is 111 Å². The predicted octanol–water partition coefficient (Wildman–Crippen LogP) is 6.48. The average Bonchev–Trinajstić information content (AvgIpc) is 2.46. The van der Waals surface area contributed by atoms with Crippen LogP contribution in [0.25, 0.3) is 0 Å². The zero-order valence-electron chi connectivity index (χ0n) is 16.3. The van der Waals surface area contributed by atoms with Crippen molar-refractivity contribution in [3.8, 4) is 0 Å². The molecule has 0 atom stereocenters. The molecule has 0 saturated carbocycles. The van der Waals surface area contributed by atoms with Gasteiger partial charge in [-0.2, -0.15) is 0 Å². The Labute approximate surface area is 162 Å². The largest absolute Gasteiger partial charge is 0.394 e. The standard InChI is InChI=1S/C16H35OP.C3H8O.Ti/c1-3-5-7-9-11-13-15-18(17)16-14-12-10-8-6-4-2;1-3(2)4;/h17H,3-16H2,1-2H3;3-4H,1-2H3;. The summed E-state index contributed by atoms with van der Waals surface area (Å²) in [5.74, 6) is 0. The van der Waals surface area contributed by atoms with Gasteiger partial charge in [-0.1, -0.05) is 78.1 Å². The molecule has 2 N–H and O–H groups in total. The minimum Gasteiger partial charge on any atom is -0.394 e. The number of rotatable bonds is 14. The maximum absolute atomic E-state index is 9.92. The van der Waals surface area contributed by atoms with Crippen molar-refractivity contribution in [1.29, 1.82) is 0 Å². The molecular weight excluding hydrogens is 339 g/mol. The van der Waals surface area contributed by atoms with Crippen LogP contribution in [0.2, 0.25) is 0 Å². The minimum atomic E-state index is -0.630. The summed E-state index contributed by atoms with van der Waals surface area (Å²) in [7, 11) is -0.630. The SMILES string of the molecule is CC(C)O.CCCCCCCCP(O)CCCCCCCC.[Ti]. The molecule has 0 aromatic carbocycles. The van der Waals surface area contributed by atoms with E-state index >= 15 is 0 Å². The second-order valence-electron chi connectivity index (χ2n) is 6.58. The fraction of sp³-hybridized carbons (Fsp3) is 1.00. The summed E-state index contributed by atoms with van der Waals surface area (Å²) in [6.07, 6.45) is 18.1. The van der Waals surface area contributed by atoms with Crippen LogP contribution in [0.5, 0.6) is 0 Å². The van der Waals surface area contributed by atoms with E-state index in [0.717, 1.165) is 12.3 Å². The number of hydrogen-bond acceptors (Lipinski definition) is 2. The van der Waals surface area contributed by atoms with Crippen LogP contribution in [0, 0.1) is 0 Å². The summed E-state index contributed by atoms with van der Waals surface area (Å²) in [6, 6.07) is 0. The molecule has 0 aliphatic rings. The Morgan fingerprint density at radius 3 is 1.22 bits per heavy atom. The van der Waals surface area contributed by atoms with Gasteiger partial charge in [-0.05, 0) is 39.0 Å². The third-order valence-corrected chi connectivity index (χ3v) is 5.20. The van der Waals surface area contributed by atoms with E-state index in [9.17, 15) is 4.89 Å². The first-order valence-corrected chi connectivity index (χ1v) is 11.3. The summed E-state index contributed by atoms with van der Waals surface area (Å²) >= 11 is 0. The maximum atomic E-state index is 9.92. The van der Waals surface area contributed by atoms with E-state index in [-0.39, 0.29) is 27.8 Å². The first-order chi connectivity index (χ1) is 10.5. The molecule has 0 aromatic rings. The van der Waals surface area contributed by atoms with E-state index in [1.807, 2.05) is 0 Å². The number of aliphatic hydroxyl groups is 1. The van der Waals surface area contributed by atoms with Gasteiger partial charge in [0.1, 0.15) is 0 Å². The second-order valence-corrected chi connectivity index (χ2v) is 8.49. The molecule has 140 valence electrons. The molecule has 0 amide bonds. The first kappa shape index (κ1) is 28.9. The molecule has 0 spiro atoms. The summed E-state index contributed by atoms with van der Waals surface area (Å²) in [5, 5.41) is 8.06. The first-order valence-electron chi connectivity index (χ1n) is 9.66. The molecule has 0 aromatic heterocycles. The van der Waals surface area contributed by atoms with Gasteiger partial charge in [-0.15, -0.1) is 0 Å². The van der Waals surface area contributed by atoms with Crippen molar-refractivity contribution in [3.05, 3.63) is 0 Å². The summed E-state index contributed by atoms with van der Waals surface area (Å²) < 4.78 is 0. The Hall–Kier alpha value is 1.06. The molecule has 0 fully saturated rings. The third-order valence-electron chi connectivity index (χ3n) is 3.54. The molecule has 23 heavy (non-hydrogen) atoms. The van der Waals surface area contributed by atoms with Gasteiger partial charge in [0.05, 0.1) is 0 Å². The van der Waals surface area contributed by atoms with Crippen LogP contribution < -0.4 is 0 Å². The molecule has 0 bridgehead atoms. The van der Waals surface area contributed by atoms with Gasteiger partial charge in [-0.3, -0.25) is 0 Å². The van der Waals surface area contributed by atoms with Gasteiger partial charge in [-0.25, -0.2) is 0 Å². The van der Waals surface area contributed by atoms with E-state index in [4.69, 9.17) is 5.11 Å². The van der Waals surface area contributed by atoms with E-state index in [1.165, 1.54) is 77.0 Å². The zero-order chi connectivity index (χ0) is 17.1. The second kappa shape index (κ2) is 25.3. The van der Waals surface area contributed by atoms with Crippen LogP contribution in [0.4, 0.5) is 0 Å². The van der Waals surface area contributed by atoms with Crippen LogP contribution in [-0.4, -0.2) is 28.4 Å². The molecular formula is C19H43O2PTi. The fourth-order valence-electron chi connectivity index (χ4n) is 2.26. The topological polar surface area (TPSA) is 40.5 Å². The van der Waals surface area contributed by atoms with E-state index in [1.54, 1.807) is 13.8 Å². The van der Waals surface area contributed by atoms with Crippen LogP contribution in [0.3, 0.4) is 0 Å². The van der Waals surface area contributed by atoms with Crippen molar-refractivity contribution in [2.75, 3.05) is 12.3 Å². The van der Waals surface area contributed by atoms with Crippen molar-refractivity contribution >= 4 is 8.15 Å². The summed E-state index contributed by atoms with van der Waals surface area (Å²) in [6.45, 7) is 7.96. The van der Waals surface area contributed by atoms with Gasteiger partial charge in [0.25, 0.3) is 0 Å². The minimum absolute atomic E-state index is 0. The van der Waals surface area contributed by atoms with Crippen LogP contribution in [0.1, 0.15) is 105 Å². The molecule has 4 heteroatoms. The molecule has 0 radical (unpaired) electrons. The van der Waals surface area contributed by atoms with E-state index in [2.05, 4.69) is 13.8 Å². The average molecular weight is 382 g/mol. The monoisotopic (exact) mass is 382 g/mol. The molecule has 0 aliphatic heterocycles.